The van der Waals surface area contributed by atoms with Gasteiger partial charge in [-0.3, -0.25) is 4.79 Å². The standard InChI is InChI=1S/C24H26N2O3S/c1-4-21-24(27)26(13-8-14-28-19-9-6-5-7-10-19)20-15-18(11-12-22(20)29-21)23-16(2)30-17(3)25-23/h5-7,9-12,15,21H,4,8,13-14H2,1-3H3. The molecular formula is C24H26N2O3S. The van der Waals surface area contributed by atoms with Gasteiger partial charge >= 0.3 is 0 Å². The lowest BCUT2D eigenvalue weighted by atomic mass is 10.1. The van der Waals surface area contributed by atoms with Crippen molar-refractivity contribution in [2.24, 2.45) is 0 Å². The first-order chi connectivity index (χ1) is 14.6. The fourth-order valence-corrected chi connectivity index (χ4v) is 4.53. The van der Waals surface area contributed by atoms with Crippen molar-refractivity contribution in [3.8, 4) is 22.8 Å². The predicted molar refractivity (Wildman–Crippen MR) is 121 cm³/mol. The maximum Gasteiger partial charge on any atom is 0.268 e. The number of ether oxygens (including phenoxy) is 2. The van der Waals surface area contributed by atoms with E-state index in [0.717, 1.165) is 39.9 Å². The van der Waals surface area contributed by atoms with Crippen LogP contribution in [-0.2, 0) is 4.79 Å². The molecule has 0 spiro atoms. The van der Waals surface area contributed by atoms with Crippen molar-refractivity contribution in [3.63, 3.8) is 0 Å². The first-order valence-corrected chi connectivity index (χ1v) is 11.1. The lowest BCUT2D eigenvalue weighted by molar-refractivity contribution is -0.126. The zero-order chi connectivity index (χ0) is 21.1. The number of carbonyl (C=O) groups excluding carboxylic acids is 1. The van der Waals surface area contributed by atoms with Crippen LogP contribution >= 0.6 is 11.3 Å². The van der Waals surface area contributed by atoms with E-state index in [1.807, 2.05) is 67.3 Å². The van der Waals surface area contributed by atoms with Gasteiger partial charge in [-0.2, -0.15) is 0 Å². The average molecular weight is 423 g/mol. The minimum atomic E-state index is -0.443. The Labute approximate surface area is 181 Å². The van der Waals surface area contributed by atoms with Gasteiger partial charge in [0.2, 0.25) is 0 Å². The zero-order valence-corrected chi connectivity index (χ0v) is 18.4. The number of para-hydroxylation sites is 1. The number of fused-ring (bicyclic) bond motifs is 1. The van der Waals surface area contributed by atoms with Gasteiger partial charge in [-0.25, -0.2) is 4.98 Å². The normalized spacial score (nSPS) is 15.6. The lowest BCUT2D eigenvalue weighted by Crippen LogP contribution is -2.46. The number of anilines is 1. The van der Waals surface area contributed by atoms with E-state index >= 15 is 0 Å². The summed E-state index contributed by atoms with van der Waals surface area (Å²) in [4.78, 5) is 20.7. The van der Waals surface area contributed by atoms with Crippen LogP contribution in [0.5, 0.6) is 11.5 Å². The molecule has 0 bridgehead atoms. The Morgan fingerprint density at radius 1 is 1.17 bits per heavy atom. The fraction of sp³-hybridized carbons (Fsp3) is 0.333. The highest BCUT2D eigenvalue weighted by Crippen LogP contribution is 2.39. The Morgan fingerprint density at radius 2 is 1.97 bits per heavy atom. The lowest BCUT2D eigenvalue weighted by Gasteiger charge is -2.34. The summed E-state index contributed by atoms with van der Waals surface area (Å²) in [6.07, 6.45) is 0.929. The molecule has 0 fully saturated rings. The van der Waals surface area contributed by atoms with Crippen LogP contribution in [0.25, 0.3) is 11.3 Å². The molecule has 6 heteroatoms. The quantitative estimate of drug-likeness (QED) is 0.479. The van der Waals surface area contributed by atoms with Crippen molar-refractivity contribution in [3.05, 3.63) is 58.4 Å². The molecule has 0 saturated carbocycles. The summed E-state index contributed by atoms with van der Waals surface area (Å²) >= 11 is 1.68. The second-order valence-electron chi connectivity index (χ2n) is 7.34. The SMILES string of the molecule is CCC1Oc2ccc(-c3nc(C)sc3C)cc2N(CCCOc2ccccc2)C1=O. The summed E-state index contributed by atoms with van der Waals surface area (Å²) in [6.45, 7) is 7.19. The van der Waals surface area contributed by atoms with Crippen LogP contribution in [-0.4, -0.2) is 30.1 Å². The summed E-state index contributed by atoms with van der Waals surface area (Å²) in [5.41, 5.74) is 2.79. The first-order valence-electron chi connectivity index (χ1n) is 10.3. The number of carbonyl (C=O) groups is 1. The van der Waals surface area contributed by atoms with E-state index in [0.29, 0.717) is 19.6 Å². The molecule has 1 aliphatic heterocycles. The highest BCUT2D eigenvalue weighted by atomic mass is 32.1. The molecule has 1 aliphatic rings. The van der Waals surface area contributed by atoms with Gasteiger partial charge in [-0.1, -0.05) is 25.1 Å². The number of hydrogen-bond donors (Lipinski definition) is 0. The smallest absolute Gasteiger partial charge is 0.268 e. The summed E-state index contributed by atoms with van der Waals surface area (Å²) in [7, 11) is 0. The van der Waals surface area contributed by atoms with Gasteiger partial charge in [0.25, 0.3) is 5.91 Å². The minimum absolute atomic E-state index is 0.00745. The molecule has 156 valence electrons. The number of hydrogen-bond acceptors (Lipinski definition) is 5. The van der Waals surface area contributed by atoms with Crippen LogP contribution in [0.3, 0.4) is 0 Å². The molecule has 30 heavy (non-hydrogen) atoms. The maximum atomic E-state index is 13.0. The Bertz CT molecular complexity index is 1030. The third-order valence-electron chi connectivity index (χ3n) is 5.15. The molecular weight excluding hydrogens is 396 g/mol. The number of benzene rings is 2. The van der Waals surface area contributed by atoms with E-state index in [1.165, 1.54) is 4.88 Å². The summed E-state index contributed by atoms with van der Waals surface area (Å²) in [5, 5.41) is 1.04. The largest absolute Gasteiger partial charge is 0.494 e. The number of thiazole rings is 1. The van der Waals surface area contributed by atoms with Gasteiger partial charge in [0.1, 0.15) is 11.5 Å². The van der Waals surface area contributed by atoms with Gasteiger partial charge in [0, 0.05) is 17.0 Å². The highest BCUT2D eigenvalue weighted by molar-refractivity contribution is 7.11. The number of nitrogens with zero attached hydrogens (tertiary/aromatic N) is 2. The molecule has 0 saturated heterocycles. The predicted octanol–water partition coefficient (Wildman–Crippen LogP) is 5.40. The van der Waals surface area contributed by atoms with Crippen LogP contribution in [0.1, 0.15) is 29.7 Å². The van der Waals surface area contributed by atoms with E-state index in [2.05, 4.69) is 11.9 Å². The molecule has 3 aromatic rings. The second-order valence-corrected chi connectivity index (χ2v) is 8.75. The number of rotatable bonds is 7. The van der Waals surface area contributed by atoms with E-state index in [4.69, 9.17) is 9.47 Å². The van der Waals surface area contributed by atoms with Crippen molar-refractivity contribution >= 4 is 22.9 Å². The molecule has 1 unspecified atom stereocenters. The molecule has 2 aromatic carbocycles. The summed E-state index contributed by atoms with van der Waals surface area (Å²) in [6, 6.07) is 15.8. The Morgan fingerprint density at radius 3 is 2.67 bits per heavy atom. The van der Waals surface area contributed by atoms with E-state index in [1.54, 1.807) is 11.3 Å². The van der Waals surface area contributed by atoms with Gasteiger partial charge in [-0.05, 0) is 57.0 Å². The van der Waals surface area contributed by atoms with E-state index < -0.39 is 6.10 Å². The van der Waals surface area contributed by atoms with Crippen LogP contribution < -0.4 is 14.4 Å². The third-order valence-corrected chi connectivity index (χ3v) is 6.03. The van der Waals surface area contributed by atoms with Gasteiger partial charge < -0.3 is 14.4 Å². The molecule has 4 rings (SSSR count). The number of amides is 1. The summed E-state index contributed by atoms with van der Waals surface area (Å²) < 4.78 is 11.8. The van der Waals surface area contributed by atoms with E-state index in [-0.39, 0.29) is 5.91 Å². The first kappa shape index (κ1) is 20.4. The molecule has 0 aliphatic carbocycles. The van der Waals surface area contributed by atoms with Gasteiger partial charge in [-0.15, -0.1) is 11.3 Å². The molecule has 0 N–H and O–H groups in total. The van der Waals surface area contributed by atoms with Crippen LogP contribution in [0, 0.1) is 13.8 Å². The van der Waals surface area contributed by atoms with Crippen molar-refractivity contribution in [1.29, 1.82) is 0 Å². The van der Waals surface area contributed by atoms with Crippen LogP contribution in [0.2, 0.25) is 0 Å². The van der Waals surface area contributed by atoms with Gasteiger partial charge in [0.15, 0.2) is 6.10 Å². The molecule has 1 aromatic heterocycles. The number of aromatic nitrogens is 1. The monoisotopic (exact) mass is 422 g/mol. The molecule has 5 nitrogen and oxygen atoms in total. The topological polar surface area (TPSA) is 51.7 Å². The average Bonchev–Trinajstić information content (AvgIpc) is 3.10. The molecule has 0 radical (unpaired) electrons. The van der Waals surface area contributed by atoms with Crippen LogP contribution in [0.15, 0.2) is 48.5 Å². The highest BCUT2D eigenvalue weighted by Gasteiger charge is 2.33. The molecule has 1 atom stereocenters. The zero-order valence-electron chi connectivity index (χ0n) is 17.6. The van der Waals surface area contributed by atoms with E-state index in [9.17, 15) is 4.79 Å². The fourth-order valence-electron chi connectivity index (χ4n) is 3.69. The Kier molecular flexibility index (Phi) is 6.04. The second kappa shape index (κ2) is 8.88. The van der Waals surface area contributed by atoms with Crippen molar-refractivity contribution < 1.29 is 14.3 Å². The number of aryl methyl sites for hydroxylation is 2. The van der Waals surface area contributed by atoms with Crippen molar-refractivity contribution in [2.45, 2.75) is 39.7 Å². The third kappa shape index (κ3) is 4.19. The minimum Gasteiger partial charge on any atom is -0.494 e. The Hall–Kier alpha value is -2.86. The van der Waals surface area contributed by atoms with Gasteiger partial charge in [0.05, 0.1) is 23.0 Å². The Balaban J connectivity index is 1.55. The molecule has 1 amide bonds. The van der Waals surface area contributed by atoms with Crippen molar-refractivity contribution in [1.82, 2.24) is 4.98 Å². The van der Waals surface area contributed by atoms with Crippen molar-refractivity contribution in [2.75, 3.05) is 18.1 Å². The summed E-state index contributed by atoms with van der Waals surface area (Å²) in [5.74, 6) is 1.60. The molecule has 2 heterocycles. The van der Waals surface area contributed by atoms with Crippen LogP contribution in [0.4, 0.5) is 5.69 Å². The maximum absolute atomic E-state index is 13.0.